The number of carbonyl (C=O) groups excluding carboxylic acids is 2. The summed E-state index contributed by atoms with van der Waals surface area (Å²) in [4.78, 5) is 23.4. The van der Waals surface area contributed by atoms with Crippen LogP contribution in [0.15, 0.2) is 24.3 Å². The lowest BCUT2D eigenvalue weighted by molar-refractivity contribution is -0.132. The van der Waals surface area contributed by atoms with Gasteiger partial charge in [0.1, 0.15) is 0 Å². The number of likely N-dealkylation sites (tertiary alicyclic amines) is 1. The Morgan fingerprint density at radius 1 is 1.28 bits per heavy atom. The third-order valence-corrected chi connectivity index (χ3v) is 3.81. The Morgan fingerprint density at radius 3 is 2.19 bits per heavy atom. The first-order valence-corrected chi connectivity index (χ1v) is 10.6. The Labute approximate surface area is 193 Å². The van der Waals surface area contributed by atoms with Crippen molar-refractivity contribution in [2.24, 2.45) is 17.1 Å². The predicted molar refractivity (Wildman–Crippen MR) is 129 cm³/mol. The van der Waals surface area contributed by atoms with E-state index in [0.29, 0.717) is 25.9 Å². The van der Waals surface area contributed by atoms with Crippen molar-refractivity contribution in [3.63, 3.8) is 0 Å². The molecule has 1 atom stereocenters. The summed E-state index contributed by atoms with van der Waals surface area (Å²) in [7, 11) is 0. The van der Waals surface area contributed by atoms with E-state index in [0.717, 1.165) is 24.1 Å². The van der Waals surface area contributed by atoms with Gasteiger partial charge in [0.05, 0.1) is 6.10 Å². The summed E-state index contributed by atoms with van der Waals surface area (Å²) in [6.07, 6.45) is 1.53. The molecule has 1 aromatic carbocycles. The van der Waals surface area contributed by atoms with Crippen LogP contribution >= 0.6 is 0 Å². The molecule has 0 spiro atoms. The lowest BCUT2D eigenvalue weighted by Gasteiger charge is -2.22. The first-order chi connectivity index (χ1) is 15.0. The molecule has 1 heterocycles. The molecule has 2 rings (SSSR count). The standard InChI is InChI=1S/C11H11NO.C10H19NO2.C3H8O.H4N2/c1-2-3-10-4-6-11(7-5-10)8-12-9-13;1-10(2,3)6-9(13)11-5-4-8(12)7-11;1-3(2)4;1-2/h4-7,9H,8H2,1H3,(H,12,13);8,12H,4-7H2,1-3H3;3-4H,1-2H3;1-2H2. The zero-order valence-electron chi connectivity index (χ0n) is 20.4. The number of hydrogen-bond donors (Lipinski definition) is 5. The van der Waals surface area contributed by atoms with Gasteiger partial charge in [-0.1, -0.05) is 38.8 Å². The van der Waals surface area contributed by atoms with Crippen LogP contribution in [-0.4, -0.2) is 52.7 Å². The van der Waals surface area contributed by atoms with Crippen LogP contribution in [0.25, 0.3) is 0 Å². The molecule has 1 aliphatic rings. The van der Waals surface area contributed by atoms with Gasteiger partial charge in [-0.05, 0) is 50.3 Å². The highest BCUT2D eigenvalue weighted by molar-refractivity contribution is 5.77. The fourth-order valence-corrected chi connectivity index (χ4v) is 2.54. The van der Waals surface area contributed by atoms with Gasteiger partial charge in [0.2, 0.25) is 12.3 Å². The topological polar surface area (TPSA) is 142 Å². The largest absolute Gasteiger partial charge is 0.394 e. The predicted octanol–water partition coefficient (Wildman–Crippen LogP) is 1.53. The minimum absolute atomic E-state index is 0.0463. The molecule has 0 bridgehead atoms. The van der Waals surface area contributed by atoms with E-state index in [1.807, 2.05) is 31.2 Å². The molecule has 8 nitrogen and oxygen atoms in total. The van der Waals surface area contributed by atoms with Crippen molar-refractivity contribution in [1.29, 1.82) is 0 Å². The van der Waals surface area contributed by atoms with Crippen molar-refractivity contribution in [3.8, 4) is 11.8 Å². The average molecular weight is 451 g/mol. The molecule has 7 N–H and O–H groups in total. The van der Waals surface area contributed by atoms with Crippen molar-refractivity contribution in [3.05, 3.63) is 35.4 Å². The molecule has 0 aliphatic carbocycles. The molecule has 32 heavy (non-hydrogen) atoms. The summed E-state index contributed by atoms with van der Waals surface area (Å²) >= 11 is 0. The summed E-state index contributed by atoms with van der Waals surface area (Å²) in [5, 5.41) is 19.9. The zero-order valence-corrected chi connectivity index (χ0v) is 20.4. The van der Waals surface area contributed by atoms with E-state index in [4.69, 9.17) is 5.11 Å². The van der Waals surface area contributed by atoms with E-state index in [9.17, 15) is 14.7 Å². The van der Waals surface area contributed by atoms with E-state index in [-0.39, 0.29) is 23.5 Å². The smallest absolute Gasteiger partial charge is 0.223 e. The van der Waals surface area contributed by atoms with Crippen molar-refractivity contribution in [2.45, 2.75) is 73.1 Å². The van der Waals surface area contributed by atoms with Crippen molar-refractivity contribution < 1.29 is 19.8 Å². The molecule has 182 valence electrons. The van der Waals surface area contributed by atoms with Crippen molar-refractivity contribution in [2.75, 3.05) is 13.1 Å². The number of benzene rings is 1. The van der Waals surface area contributed by atoms with Gasteiger partial charge >= 0.3 is 0 Å². The number of amides is 2. The van der Waals surface area contributed by atoms with Crippen LogP contribution in [-0.2, 0) is 16.1 Å². The molecule has 1 aromatic rings. The molecule has 1 unspecified atom stereocenters. The summed E-state index contributed by atoms with van der Waals surface area (Å²) < 4.78 is 0. The van der Waals surface area contributed by atoms with Crippen LogP contribution in [0.3, 0.4) is 0 Å². The van der Waals surface area contributed by atoms with E-state index in [2.05, 4.69) is 49.6 Å². The van der Waals surface area contributed by atoms with Crippen LogP contribution < -0.4 is 17.0 Å². The van der Waals surface area contributed by atoms with E-state index in [1.165, 1.54) is 0 Å². The number of rotatable bonds is 4. The molecule has 1 fully saturated rings. The number of carbonyl (C=O) groups is 2. The third kappa shape index (κ3) is 18.3. The van der Waals surface area contributed by atoms with Gasteiger partial charge in [-0.3, -0.25) is 21.3 Å². The SMILES string of the molecule is CC#Cc1ccc(CNC=O)cc1.CC(C)(C)CC(=O)N1CCC(O)C1.CC(C)O.NN. The maximum absolute atomic E-state index is 11.6. The second kappa shape index (κ2) is 18.2. The summed E-state index contributed by atoms with van der Waals surface area (Å²) in [5.41, 5.74) is 2.12. The number of β-amino-alcohol motifs (C(OH)–C–C–N with tert-alkyl or cyclic N) is 1. The number of hydrazine groups is 1. The Balaban J connectivity index is 0. The lowest BCUT2D eigenvalue weighted by Crippen LogP contribution is -2.32. The van der Waals surface area contributed by atoms with Gasteiger partial charge in [-0.2, -0.15) is 0 Å². The Kier molecular flexibility index (Phi) is 18.0. The molecule has 0 aromatic heterocycles. The average Bonchev–Trinajstić information content (AvgIpc) is 3.15. The van der Waals surface area contributed by atoms with Gasteiger partial charge in [-0.15, -0.1) is 5.92 Å². The Hall–Kier alpha value is -2.44. The van der Waals surface area contributed by atoms with Gasteiger partial charge in [0.25, 0.3) is 0 Å². The van der Waals surface area contributed by atoms with Gasteiger partial charge in [-0.25, -0.2) is 0 Å². The molecule has 8 heteroatoms. The maximum atomic E-state index is 11.6. The van der Waals surface area contributed by atoms with Gasteiger partial charge in [0.15, 0.2) is 0 Å². The summed E-state index contributed by atoms with van der Waals surface area (Å²) in [6, 6.07) is 7.79. The van der Waals surface area contributed by atoms with E-state index in [1.54, 1.807) is 18.7 Å². The highest BCUT2D eigenvalue weighted by Crippen LogP contribution is 2.21. The molecule has 0 radical (unpaired) electrons. The molecular weight excluding hydrogens is 408 g/mol. The number of nitrogens with two attached hydrogens (primary N) is 2. The summed E-state index contributed by atoms with van der Waals surface area (Å²) in [5.74, 6) is 13.9. The number of nitrogens with one attached hydrogen (secondary N) is 1. The van der Waals surface area contributed by atoms with Crippen LogP contribution in [0.2, 0.25) is 0 Å². The minimum atomic E-state index is -0.302. The van der Waals surface area contributed by atoms with Crippen molar-refractivity contribution >= 4 is 12.3 Å². The van der Waals surface area contributed by atoms with Crippen LogP contribution in [0.1, 0.15) is 65.5 Å². The van der Waals surface area contributed by atoms with Gasteiger partial charge < -0.3 is 20.4 Å². The fraction of sp³-hybridized carbons (Fsp3) is 0.583. The van der Waals surface area contributed by atoms with Gasteiger partial charge in [0, 0.05) is 37.7 Å². The number of hydrogen-bond acceptors (Lipinski definition) is 6. The lowest BCUT2D eigenvalue weighted by atomic mass is 9.92. The van der Waals surface area contributed by atoms with Crippen LogP contribution in [0.5, 0.6) is 0 Å². The highest BCUT2D eigenvalue weighted by Gasteiger charge is 2.27. The quantitative estimate of drug-likeness (QED) is 0.204. The Morgan fingerprint density at radius 2 is 1.81 bits per heavy atom. The van der Waals surface area contributed by atoms with E-state index < -0.39 is 0 Å². The monoisotopic (exact) mass is 450 g/mol. The first kappa shape index (κ1) is 31.7. The van der Waals surface area contributed by atoms with Crippen LogP contribution in [0, 0.1) is 17.3 Å². The molecule has 1 aliphatic heterocycles. The highest BCUT2D eigenvalue weighted by atomic mass is 16.3. The summed E-state index contributed by atoms with van der Waals surface area (Å²) in [6.45, 7) is 13.2. The molecule has 1 saturated heterocycles. The number of aliphatic hydroxyl groups is 2. The van der Waals surface area contributed by atoms with Crippen molar-refractivity contribution in [1.82, 2.24) is 10.2 Å². The maximum Gasteiger partial charge on any atom is 0.223 e. The zero-order chi connectivity index (χ0) is 25.2. The van der Waals surface area contributed by atoms with Crippen LogP contribution in [0.4, 0.5) is 0 Å². The first-order valence-electron chi connectivity index (χ1n) is 10.6. The second-order valence-electron chi connectivity index (χ2n) is 8.68. The molecule has 2 amide bonds. The molecular formula is C24H42N4O4. The fourth-order valence-electron chi connectivity index (χ4n) is 2.54. The molecule has 0 saturated carbocycles. The minimum Gasteiger partial charge on any atom is -0.394 e. The number of aliphatic hydroxyl groups excluding tert-OH is 2. The number of nitrogens with zero attached hydrogens (tertiary/aromatic N) is 1. The second-order valence-corrected chi connectivity index (χ2v) is 8.68. The normalized spacial score (nSPS) is 14.3. The van der Waals surface area contributed by atoms with E-state index >= 15 is 0 Å². The third-order valence-electron chi connectivity index (χ3n) is 3.81. The Bertz CT molecular complexity index is 686.